The quantitative estimate of drug-likeness (QED) is 0.434. The normalized spacial score (nSPS) is 18.2. The Morgan fingerprint density at radius 2 is 2.67 bits per heavy atom. The van der Waals surface area contributed by atoms with Crippen LogP contribution >= 0.6 is 0 Å². The van der Waals surface area contributed by atoms with E-state index in [0.29, 0.717) is 0 Å². The fraction of sp³-hybridized carbons (Fsp3) is 0.667. The molecule has 6 heavy (non-hydrogen) atoms. The summed E-state index contributed by atoms with van der Waals surface area (Å²) in [6.07, 6.45) is 3.41. The second-order valence-corrected chi connectivity index (χ2v) is 2.78. The van der Waals surface area contributed by atoms with Gasteiger partial charge in [0.25, 0.3) is 0 Å². The van der Waals surface area contributed by atoms with E-state index in [4.69, 9.17) is 0 Å². The van der Waals surface area contributed by atoms with Crippen LogP contribution in [0.5, 0.6) is 0 Å². The molecule has 0 unspecified atom stereocenters. The Morgan fingerprint density at radius 3 is 2.83 bits per heavy atom. The van der Waals surface area contributed by atoms with Crippen molar-refractivity contribution in [1.82, 2.24) is 2.84 Å². The van der Waals surface area contributed by atoms with Crippen molar-refractivity contribution in [3.63, 3.8) is 0 Å². The Kier molecular flexibility index (Phi) is 1.64. The molecule has 0 fully saturated rings. The Morgan fingerprint density at radius 1 is 1.83 bits per heavy atom. The third-order valence-corrected chi connectivity index (χ3v) is 1.74. The van der Waals surface area contributed by atoms with Gasteiger partial charge in [-0.3, -0.25) is 0 Å². The molecule has 3 heteroatoms. The van der Waals surface area contributed by atoms with E-state index < -0.39 is 0 Å². The van der Waals surface area contributed by atoms with Crippen LogP contribution in [0.25, 0.3) is 0 Å². The van der Waals surface area contributed by atoms with Crippen LogP contribution < -0.4 is 0 Å². The van der Waals surface area contributed by atoms with Gasteiger partial charge in [-0.25, -0.2) is 0 Å². The molecular weight excluding hydrogens is 152 g/mol. The average Bonchev–Trinajstić information content (AvgIpc) is 1.86. The Hall–Kier alpha value is 0.618. The third kappa shape index (κ3) is 1.04. The molecule has 0 aromatic rings. The topological polar surface area (TPSA) is 3.24 Å². The van der Waals surface area contributed by atoms with E-state index in [1.54, 1.807) is 0 Å². The molecule has 1 rings (SSSR count). The molecule has 1 nitrogen and oxygen atoms in total. The van der Waals surface area contributed by atoms with E-state index in [0.717, 1.165) is 0 Å². The fourth-order valence-electron chi connectivity index (χ4n) is 0.490. The summed E-state index contributed by atoms with van der Waals surface area (Å²) in [5.41, 5.74) is 0. The zero-order valence-electron chi connectivity index (χ0n) is 3.52. The van der Waals surface area contributed by atoms with Gasteiger partial charge in [0.15, 0.2) is 0 Å². The first-order valence-electron chi connectivity index (χ1n) is 2.04. The molecule has 1 aliphatic heterocycles. The molecule has 0 aromatic carbocycles. The summed E-state index contributed by atoms with van der Waals surface area (Å²) in [5.74, 6) is 0. The predicted molar refractivity (Wildman–Crippen MR) is 23.3 cm³/mol. The van der Waals surface area contributed by atoms with E-state index in [1.165, 1.54) is 37.9 Å². The Bertz CT molecular complexity index is 73.2. The standard InChI is InChI=1S/C3H5BN.Zr/c1-2-5-3-4-1;/h3H,1-2H2;/q-1;+1. The summed E-state index contributed by atoms with van der Waals surface area (Å²) in [7, 11) is 0. The number of hydrogen-bond acceptors (Lipinski definition) is 1. The fourth-order valence-corrected chi connectivity index (χ4v) is 1.07. The Balaban J connectivity index is 2.38. The second kappa shape index (κ2) is 2.06. The minimum atomic E-state index is 1.25. The van der Waals surface area contributed by atoms with Gasteiger partial charge in [-0.1, -0.05) is 0 Å². The molecule has 0 saturated carbocycles. The predicted octanol–water partition coefficient (Wildman–Crippen LogP) is -0.354. The minimum absolute atomic E-state index is 1.25. The van der Waals surface area contributed by atoms with E-state index in [2.05, 4.69) is 15.9 Å². The van der Waals surface area contributed by atoms with Crippen LogP contribution in [0.1, 0.15) is 0 Å². The van der Waals surface area contributed by atoms with Crippen molar-refractivity contribution in [2.45, 2.75) is 6.32 Å². The monoisotopic (exact) mass is 156 g/mol. The molecule has 0 N–H and O–H groups in total. The van der Waals surface area contributed by atoms with Gasteiger partial charge in [0.1, 0.15) is 0 Å². The number of hydrogen-bond donors (Lipinski definition) is 0. The molecule has 0 amide bonds. The van der Waals surface area contributed by atoms with Crippen LogP contribution in [0.4, 0.5) is 0 Å². The molecule has 0 saturated heterocycles. The van der Waals surface area contributed by atoms with Crippen molar-refractivity contribution in [2.24, 2.45) is 0 Å². The van der Waals surface area contributed by atoms with Crippen molar-refractivity contribution in [3.05, 3.63) is 0 Å². The van der Waals surface area contributed by atoms with Crippen LogP contribution in [0, 0.1) is 0 Å². The first-order chi connectivity index (χ1) is 2.89. The van der Waals surface area contributed by atoms with Crippen molar-refractivity contribution < 1.29 is 25.0 Å². The van der Waals surface area contributed by atoms with Gasteiger partial charge < -0.3 is 0 Å². The summed E-state index contributed by atoms with van der Waals surface area (Å²) in [5, 5.41) is 0. The summed E-state index contributed by atoms with van der Waals surface area (Å²) in [6.45, 7) is 3.45. The molecule has 1 aliphatic rings. The molecule has 0 bridgehead atoms. The van der Waals surface area contributed by atoms with Gasteiger partial charge in [-0.15, -0.1) is 0 Å². The van der Waals surface area contributed by atoms with Crippen LogP contribution in [0.15, 0.2) is 0 Å². The maximum atomic E-state index is 2.27. The molecule has 0 radical (unpaired) electrons. The van der Waals surface area contributed by atoms with Crippen molar-refractivity contribution in [2.75, 3.05) is 6.54 Å². The first-order valence-corrected chi connectivity index (χ1v) is 3.14. The maximum absolute atomic E-state index is 2.27. The van der Waals surface area contributed by atoms with E-state index >= 15 is 0 Å². The van der Waals surface area contributed by atoms with E-state index in [-0.39, 0.29) is 0 Å². The molecule has 0 spiro atoms. The average molecular weight is 157 g/mol. The SMILES string of the molecule is [Zr][N]1C=BCC1. The zero-order chi connectivity index (χ0) is 4.41. The van der Waals surface area contributed by atoms with Gasteiger partial charge >= 0.3 is 53.7 Å². The number of rotatable bonds is 0. The molecule has 29 valence electrons. The van der Waals surface area contributed by atoms with Gasteiger partial charge in [0, 0.05) is 0 Å². The van der Waals surface area contributed by atoms with Crippen LogP contribution in [-0.4, -0.2) is 22.4 Å². The molecule has 0 aliphatic carbocycles. The van der Waals surface area contributed by atoms with Gasteiger partial charge in [-0.05, 0) is 0 Å². The summed E-state index contributed by atoms with van der Waals surface area (Å²) < 4.78 is 2.27. The van der Waals surface area contributed by atoms with Gasteiger partial charge in [-0.2, -0.15) is 0 Å². The first kappa shape index (κ1) is 4.77. The summed E-state index contributed by atoms with van der Waals surface area (Å²) in [6, 6.07) is 0. The molecular formula is C3H5BNZr. The molecule has 1 heterocycles. The van der Waals surface area contributed by atoms with Crippen molar-refractivity contribution >= 4 is 13.0 Å². The summed E-state index contributed by atoms with van der Waals surface area (Å²) >= 11 is 1.51. The van der Waals surface area contributed by atoms with Gasteiger partial charge in [0.05, 0.1) is 0 Å². The third-order valence-electron chi connectivity index (χ3n) is 0.822. The Labute approximate surface area is 53.9 Å². The van der Waals surface area contributed by atoms with Crippen LogP contribution in [0.3, 0.4) is 0 Å². The van der Waals surface area contributed by atoms with Crippen molar-refractivity contribution in [3.8, 4) is 0 Å². The second-order valence-electron chi connectivity index (χ2n) is 1.37. The van der Waals surface area contributed by atoms with Crippen LogP contribution in [0.2, 0.25) is 6.32 Å². The zero-order valence-corrected chi connectivity index (χ0v) is 5.97. The molecule has 0 atom stereocenters. The number of nitrogens with zero attached hydrogens (tertiary/aromatic N) is 1. The van der Waals surface area contributed by atoms with Gasteiger partial charge in [0.2, 0.25) is 0 Å². The molecule has 0 aromatic heterocycles. The van der Waals surface area contributed by atoms with E-state index in [9.17, 15) is 0 Å². The van der Waals surface area contributed by atoms with Crippen LogP contribution in [-0.2, 0) is 25.0 Å². The summed E-state index contributed by atoms with van der Waals surface area (Å²) in [4.78, 5) is 0. The van der Waals surface area contributed by atoms with E-state index in [1.807, 2.05) is 0 Å². The van der Waals surface area contributed by atoms with Crippen molar-refractivity contribution in [1.29, 1.82) is 0 Å².